The predicted octanol–water partition coefficient (Wildman–Crippen LogP) is 3.81. The molecule has 1 heterocycles. The lowest BCUT2D eigenvalue weighted by molar-refractivity contribution is 0.0897. The van der Waals surface area contributed by atoms with E-state index in [-0.39, 0.29) is 11.8 Å². The Bertz CT molecular complexity index is 551. The Labute approximate surface area is 117 Å². The highest BCUT2D eigenvalue weighted by Crippen LogP contribution is 2.26. The van der Waals surface area contributed by atoms with Gasteiger partial charge in [-0.25, -0.2) is 0 Å². The zero-order valence-corrected chi connectivity index (χ0v) is 11.7. The summed E-state index contributed by atoms with van der Waals surface area (Å²) in [6.07, 6.45) is 1.50. The Balaban J connectivity index is 2.06. The van der Waals surface area contributed by atoms with Gasteiger partial charge < -0.3 is 4.42 Å². The maximum absolute atomic E-state index is 12.0. The molecule has 0 radical (unpaired) electrons. The molecule has 2 rings (SSSR count). The van der Waals surface area contributed by atoms with Crippen LogP contribution in [0.2, 0.25) is 5.02 Å². The lowest BCUT2D eigenvalue weighted by atomic mass is 10.1. The van der Waals surface area contributed by atoms with Gasteiger partial charge >= 0.3 is 0 Å². The Morgan fingerprint density at radius 1 is 1.32 bits per heavy atom. The number of halogens is 1. The molecule has 0 N–H and O–H groups in total. The molecule has 0 aliphatic heterocycles. The van der Waals surface area contributed by atoms with Gasteiger partial charge in [0, 0.05) is 11.1 Å². The molecule has 0 saturated carbocycles. The predicted molar refractivity (Wildman–Crippen MR) is 75.5 cm³/mol. The molecule has 3 nitrogen and oxygen atoms in total. The number of hydrogen-bond acceptors (Lipinski definition) is 3. The summed E-state index contributed by atoms with van der Waals surface area (Å²) in [6, 6.07) is 11.1. The maximum Gasteiger partial charge on any atom is 0.211 e. The number of ketones is 1. The van der Waals surface area contributed by atoms with Crippen LogP contribution in [-0.4, -0.2) is 24.3 Å². The van der Waals surface area contributed by atoms with Gasteiger partial charge in [-0.15, -0.1) is 0 Å². The van der Waals surface area contributed by atoms with E-state index < -0.39 is 0 Å². The first-order valence-corrected chi connectivity index (χ1v) is 6.48. The van der Waals surface area contributed by atoms with Crippen molar-refractivity contribution < 1.29 is 9.21 Å². The lowest BCUT2D eigenvalue weighted by Gasteiger charge is -2.24. The van der Waals surface area contributed by atoms with Gasteiger partial charge in [-0.1, -0.05) is 29.8 Å². The highest BCUT2D eigenvalue weighted by Gasteiger charge is 2.18. The second kappa shape index (κ2) is 6.04. The largest absolute Gasteiger partial charge is 0.461 e. The molecule has 0 aliphatic carbocycles. The monoisotopic (exact) mass is 277 g/mol. The van der Waals surface area contributed by atoms with Gasteiger partial charge in [-0.05, 0) is 37.7 Å². The van der Waals surface area contributed by atoms with E-state index in [0.29, 0.717) is 17.3 Å². The number of rotatable bonds is 5. The van der Waals surface area contributed by atoms with E-state index in [4.69, 9.17) is 16.0 Å². The van der Waals surface area contributed by atoms with Crippen LogP contribution in [0.3, 0.4) is 0 Å². The zero-order chi connectivity index (χ0) is 13.8. The van der Waals surface area contributed by atoms with Crippen LogP contribution in [0.1, 0.15) is 29.1 Å². The fourth-order valence-corrected chi connectivity index (χ4v) is 2.22. The van der Waals surface area contributed by atoms with Crippen molar-refractivity contribution in [1.29, 1.82) is 0 Å². The van der Waals surface area contributed by atoms with E-state index in [0.717, 1.165) is 5.56 Å². The summed E-state index contributed by atoms with van der Waals surface area (Å²) in [6.45, 7) is 2.32. The van der Waals surface area contributed by atoms with E-state index in [9.17, 15) is 4.79 Å². The zero-order valence-electron chi connectivity index (χ0n) is 11.0. The van der Waals surface area contributed by atoms with Crippen LogP contribution in [0.25, 0.3) is 0 Å². The Morgan fingerprint density at radius 2 is 2.05 bits per heavy atom. The first-order chi connectivity index (χ1) is 9.09. The van der Waals surface area contributed by atoms with Gasteiger partial charge in [0.1, 0.15) is 0 Å². The molecular weight excluding hydrogens is 262 g/mol. The Morgan fingerprint density at radius 3 is 2.68 bits per heavy atom. The Hall–Kier alpha value is -1.58. The normalized spacial score (nSPS) is 12.6. The van der Waals surface area contributed by atoms with E-state index in [1.165, 1.54) is 6.26 Å². The average Bonchev–Trinajstić information content (AvgIpc) is 2.92. The summed E-state index contributed by atoms with van der Waals surface area (Å²) in [4.78, 5) is 13.9. The third kappa shape index (κ3) is 3.25. The van der Waals surface area contributed by atoms with Crippen molar-refractivity contribution in [3.8, 4) is 0 Å². The molecule has 0 amide bonds. The number of hydrogen-bond donors (Lipinski definition) is 0. The van der Waals surface area contributed by atoms with Crippen LogP contribution >= 0.6 is 11.6 Å². The SMILES string of the molecule is CC(c1ccccc1Cl)N(C)CC(=O)c1ccco1. The third-order valence-corrected chi connectivity index (χ3v) is 3.55. The molecule has 100 valence electrons. The van der Waals surface area contributed by atoms with Crippen LogP contribution < -0.4 is 0 Å². The summed E-state index contributed by atoms with van der Waals surface area (Å²) in [7, 11) is 1.90. The van der Waals surface area contributed by atoms with Crippen LogP contribution in [0.15, 0.2) is 47.1 Å². The van der Waals surface area contributed by atoms with Crippen molar-refractivity contribution in [2.75, 3.05) is 13.6 Å². The molecule has 2 aromatic rings. The van der Waals surface area contributed by atoms with Gasteiger partial charge in [-0.2, -0.15) is 0 Å². The van der Waals surface area contributed by atoms with Gasteiger partial charge in [0.15, 0.2) is 5.76 Å². The number of Topliss-reactive ketones (excluding diaryl/α,β-unsaturated/α-hetero) is 1. The standard InChI is InChI=1S/C15H16ClNO2/c1-11(12-6-3-4-7-13(12)16)17(2)10-14(18)15-8-5-9-19-15/h3-9,11H,10H2,1-2H3. The van der Waals surface area contributed by atoms with Gasteiger partial charge in [-0.3, -0.25) is 9.69 Å². The average molecular weight is 278 g/mol. The van der Waals surface area contributed by atoms with Gasteiger partial charge in [0.05, 0.1) is 12.8 Å². The van der Waals surface area contributed by atoms with Crippen LogP contribution in [0.4, 0.5) is 0 Å². The first-order valence-electron chi connectivity index (χ1n) is 6.11. The second-order valence-corrected chi connectivity index (χ2v) is 4.92. The highest BCUT2D eigenvalue weighted by atomic mass is 35.5. The fourth-order valence-electron chi connectivity index (χ4n) is 1.93. The molecule has 0 spiro atoms. The van der Waals surface area contributed by atoms with Gasteiger partial charge in [0.25, 0.3) is 0 Å². The Kier molecular flexibility index (Phi) is 4.40. The van der Waals surface area contributed by atoms with Crippen LogP contribution in [0, 0.1) is 0 Å². The molecule has 1 aromatic heterocycles. The lowest BCUT2D eigenvalue weighted by Crippen LogP contribution is -2.28. The molecule has 1 unspecified atom stereocenters. The van der Waals surface area contributed by atoms with E-state index in [2.05, 4.69) is 0 Å². The summed E-state index contributed by atoms with van der Waals surface area (Å²) in [5, 5.41) is 0.715. The number of furan rings is 1. The van der Waals surface area contributed by atoms with Crippen molar-refractivity contribution in [1.82, 2.24) is 4.90 Å². The summed E-state index contributed by atoms with van der Waals surface area (Å²) in [5.74, 6) is 0.351. The molecule has 19 heavy (non-hydrogen) atoms. The molecule has 0 fully saturated rings. The third-order valence-electron chi connectivity index (χ3n) is 3.21. The highest BCUT2D eigenvalue weighted by molar-refractivity contribution is 6.31. The van der Waals surface area contributed by atoms with Crippen molar-refractivity contribution in [3.63, 3.8) is 0 Å². The van der Waals surface area contributed by atoms with Crippen molar-refractivity contribution in [2.45, 2.75) is 13.0 Å². The van der Waals surface area contributed by atoms with Crippen LogP contribution in [0.5, 0.6) is 0 Å². The number of likely N-dealkylation sites (N-methyl/N-ethyl adjacent to an activating group) is 1. The smallest absolute Gasteiger partial charge is 0.211 e. The maximum atomic E-state index is 12.0. The quantitative estimate of drug-likeness (QED) is 0.779. The summed E-state index contributed by atoms with van der Waals surface area (Å²) in [5.41, 5.74) is 1.01. The molecule has 1 aromatic carbocycles. The first kappa shape index (κ1) is 13.8. The minimum atomic E-state index is -0.0357. The fraction of sp³-hybridized carbons (Fsp3) is 0.267. The number of benzene rings is 1. The van der Waals surface area contributed by atoms with Gasteiger partial charge in [0.2, 0.25) is 5.78 Å². The van der Waals surface area contributed by atoms with Crippen molar-refractivity contribution in [3.05, 3.63) is 59.0 Å². The van der Waals surface area contributed by atoms with Crippen LogP contribution in [-0.2, 0) is 0 Å². The molecule has 0 bridgehead atoms. The molecule has 1 atom stereocenters. The number of nitrogens with zero attached hydrogens (tertiary/aromatic N) is 1. The van der Waals surface area contributed by atoms with E-state index in [1.807, 2.05) is 43.1 Å². The van der Waals surface area contributed by atoms with Crippen molar-refractivity contribution in [2.24, 2.45) is 0 Å². The molecule has 0 aliphatic rings. The second-order valence-electron chi connectivity index (χ2n) is 4.51. The topological polar surface area (TPSA) is 33.5 Å². The molecule has 4 heteroatoms. The van der Waals surface area contributed by atoms with Crippen molar-refractivity contribution >= 4 is 17.4 Å². The number of carbonyl (C=O) groups excluding carboxylic acids is 1. The van der Waals surface area contributed by atoms with E-state index >= 15 is 0 Å². The molecule has 0 saturated heterocycles. The minimum absolute atomic E-state index is 0.0357. The summed E-state index contributed by atoms with van der Waals surface area (Å²) >= 11 is 6.17. The summed E-state index contributed by atoms with van der Waals surface area (Å²) < 4.78 is 5.10. The molecular formula is C15H16ClNO2. The minimum Gasteiger partial charge on any atom is -0.461 e. The number of carbonyl (C=O) groups is 1. The van der Waals surface area contributed by atoms with E-state index in [1.54, 1.807) is 12.1 Å².